The molecule has 2 aliphatic rings. The maximum atomic E-state index is 11.6. The maximum absolute atomic E-state index is 11.6. The third kappa shape index (κ3) is 2.52. The topological polar surface area (TPSA) is 93.5 Å². The lowest BCUT2D eigenvalue weighted by Crippen LogP contribution is -2.25. The number of hydrogen-bond acceptors (Lipinski definition) is 2. The number of nitrogens with one attached hydrogen (secondary N) is 1. The Labute approximate surface area is 98.6 Å². The van der Waals surface area contributed by atoms with Crippen LogP contribution in [-0.2, 0) is 4.79 Å². The minimum atomic E-state index is -0.463. The van der Waals surface area contributed by atoms with E-state index >= 15 is 0 Å². The fourth-order valence-corrected chi connectivity index (χ4v) is 1.49. The summed E-state index contributed by atoms with van der Waals surface area (Å²) in [5.74, 6) is -0.705. The minimum absolute atomic E-state index is 0.242. The van der Waals surface area contributed by atoms with E-state index in [1.54, 1.807) is 12.3 Å². The van der Waals surface area contributed by atoms with Gasteiger partial charge in [0.1, 0.15) is 0 Å². The van der Waals surface area contributed by atoms with E-state index in [1.807, 2.05) is 30.4 Å². The molecule has 0 aromatic heterocycles. The first-order valence-corrected chi connectivity index (χ1v) is 5.04. The molecule has 0 atom stereocenters. The number of guanidine groups is 1. The summed E-state index contributed by atoms with van der Waals surface area (Å²) in [5, 5.41) is 3.02. The Morgan fingerprint density at radius 1 is 1.24 bits per heavy atom. The lowest BCUT2D eigenvalue weighted by Gasteiger charge is -2.14. The van der Waals surface area contributed by atoms with Crippen LogP contribution in [0, 0.1) is 0 Å². The summed E-state index contributed by atoms with van der Waals surface area (Å²) in [4.78, 5) is 15.1. The summed E-state index contributed by atoms with van der Waals surface area (Å²) in [6, 6.07) is 0. The smallest absolute Gasteiger partial charge is 0.281 e. The Kier molecular flexibility index (Phi) is 2.91. The second-order valence-corrected chi connectivity index (χ2v) is 3.51. The van der Waals surface area contributed by atoms with Crippen molar-refractivity contribution in [3.63, 3.8) is 0 Å². The van der Waals surface area contributed by atoms with Gasteiger partial charge in [-0.25, -0.2) is 0 Å². The Morgan fingerprint density at radius 2 is 2.06 bits per heavy atom. The highest BCUT2D eigenvalue weighted by Gasteiger charge is 2.14. The number of amides is 1. The van der Waals surface area contributed by atoms with Crippen LogP contribution in [0.2, 0.25) is 0 Å². The number of rotatable bonds is 1. The molecule has 1 aliphatic carbocycles. The quantitative estimate of drug-likeness (QED) is 0.442. The fraction of sp³-hybridized carbons (Fsp3) is 0. The van der Waals surface area contributed by atoms with Crippen molar-refractivity contribution in [3.8, 4) is 0 Å². The van der Waals surface area contributed by atoms with E-state index in [1.165, 1.54) is 0 Å². The lowest BCUT2D eigenvalue weighted by molar-refractivity contribution is -0.114. The summed E-state index contributed by atoms with van der Waals surface area (Å²) >= 11 is 0. The SMILES string of the molecule is NC(N)=NC(=O)C1=CNC2=CC=CC=CC2=C1. The van der Waals surface area contributed by atoms with E-state index < -0.39 is 5.91 Å². The van der Waals surface area contributed by atoms with Gasteiger partial charge in [-0.1, -0.05) is 24.3 Å². The van der Waals surface area contributed by atoms with Gasteiger partial charge in [0.2, 0.25) is 0 Å². The molecule has 5 heteroatoms. The number of carbonyl (C=O) groups is 1. The molecule has 0 fully saturated rings. The number of carbonyl (C=O) groups excluding carboxylic acids is 1. The number of allylic oxidation sites excluding steroid dienone is 5. The zero-order chi connectivity index (χ0) is 12.3. The van der Waals surface area contributed by atoms with E-state index in [-0.39, 0.29) is 5.96 Å². The molecule has 86 valence electrons. The van der Waals surface area contributed by atoms with Gasteiger partial charge in [0.05, 0.1) is 5.57 Å². The predicted molar refractivity (Wildman–Crippen MR) is 66.5 cm³/mol. The number of aliphatic imine (C=N–C) groups is 1. The molecular weight excluding hydrogens is 216 g/mol. The molecular formula is C12H12N4O. The van der Waals surface area contributed by atoms with Gasteiger partial charge >= 0.3 is 0 Å². The van der Waals surface area contributed by atoms with Crippen molar-refractivity contribution in [2.24, 2.45) is 16.5 Å². The standard InChI is InChI=1S/C12H12N4O/c13-12(14)16-11(17)9-6-8-4-2-1-3-5-10(8)15-7-9/h1-7,15H,(H4,13,14,16,17). The van der Waals surface area contributed by atoms with Crippen molar-refractivity contribution in [1.82, 2.24) is 5.32 Å². The van der Waals surface area contributed by atoms with E-state index in [4.69, 9.17) is 11.5 Å². The van der Waals surface area contributed by atoms with Crippen LogP contribution < -0.4 is 16.8 Å². The van der Waals surface area contributed by atoms with Crippen molar-refractivity contribution >= 4 is 11.9 Å². The molecule has 0 radical (unpaired) electrons. The van der Waals surface area contributed by atoms with Gasteiger partial charge in [-0.05, 0) is 17.7 Å². The molecule has 0 spiro atoms. The van der Waals surface area contributed by atoms with Crippen molar-refractivity contribution in [2.45, 2.75) is 0 Å². The van der Waals surface area contributed by atoms with E-state index in [9.17, 15) is 4.79 Å². The van der Waals surface area contributed by atoms with Gasteiger partial charge in [0.25, 0.3) is 5.91 Å². The average molecular weight is 228 g/mol. The molecule has 1 aliphatic heterocycles. The number of nitrogens with two attached hydrogens (primary N) is 2. The fourth-order valence-electron chi connectivity index (χ4n) is 1.49. The highest BCUT2D eigenvalue weighted by Crippen LogP contribution is 2.19. The number of nitrogens with zero attached hydrogens (tertiary/aromatic N) is 1. The molecule has 0 saturated heterocycles. The number of fused-ring (bicyclic) bond motifs is 1. The zero-order valence-electron chi connectivity index (χ0n) is 9.05. The van der Waals surface area contributed by atoms with E-state index in [0.717, 1.165) is 11.3 Å². The maximum Gasteiger partial charge on any atom is 0.281 e. The normalized spacial score (nSPS) is 16.8. The predicted octanol–water partition coefficient (Wildman–Crippen LogP) is 0.210. The molecule has 0 aromatic carbocycles. The van der Waals surface area contributed by atoms with Crippen molar-refractivity contribution in [3.05, 3.63) is 59.5 Å². The van der Waals surface area contributed by atoms with Crippen LogP contribution in [0.3, 0.4) is 0 Å². The van der Waals surface area contributed by atoms with Crippen molar-refractivity contribution < 1.29 is 4.79 Å². The third-order valence-corrected chi connectivity index (χ3v) is 2.24. The molecule has 1 amide bonds. The Hall–Kier alpha value is -2.56. The van der Waals surface area contributed by atoms with Crippen LogP contribution in [0.5, 0.6) is 0 Å². The van der Waals surface area contributed by atoms with Crippen LogP contribution in [0.25, 0.3) is 0 Å². The highest BCUT2D eigenvalue weighted by molar-refractivity contribution is 6.03. The molecule has 0 unspecified atom stereocenters. The van der Waals surface area contributed by atoms with Crippen molar-refractivity contribution in [2.75, 3.05) is 0 Å². The largest absolute Gasteiger partial charge is 0.370 e. The van der Waals surface area contributed by atoms with Crippen LogP contribution in [0.15, 0.2) is 64.5 Å². The first kappa shape index (κ1) is 10.9. The Morgan fingerprint density at radius 3 is 2.82 bits per heavy atom. The summed E-state index contributed by atoms with van der Waals surface area (Å²) < 4.78 is 0. The van der Waals surface area contributed by atoms with Gasteiger partial charge in [-0.15, -0.1) is 0 Å². The lowest BCUT2D eigenvalue weighted by atomic mass is 10.0. The van der Waals surface area contributed by atoms with Gasteiger partial charge in [0.15, 0.2) is 5.96 Å². The summed E-state index contributed by atoms with van der Waals surface area (Å²) in [7, 11) is 0. The van der Waals surface area contributed by atoms with Gasteiger partial charge in [0, 0.05) is 11.9 Å². The van der Waals surface area contributed by atoms with Crippen LogP contribution in [-0.4, -0.2) is 11.9 Å². The molecule has 0 aromatic rings. The van der Waals surface area contributed by atoms with Crippen LogP contribution in [0.1, 0.15) is 0 Å². The summed E-state index contributed by atoms with van der Waals surface area (Å²) in [6.07, 6.45) is 12.9. The second kappa shape index (κ2) is 4.52. The first-order valence-electron chi connectivity index (χ1n) is 5.04. The van der Waals surface area contributed by atoms with Gasteiger partial charge in [-0.3, -0.25) is 4.79 Å². The first-order chi connectivity index (χ1) is 8.16. The van der Waals surface area contributed by atoms with Crippen LogP contribution >= 0.6 is 0 Å². The van der Waals surface area contributed by atoms with Crippen LogP contribution in [0.4, 0.5) is 0 Å². The zero-order valence-corrected chi connectivity index (χ0v) is 9.05. The summed E-state index contributed by atoms with van der Waals surface area (Å²) in [5.41, 5.74) is 12.6. The van der Waals surface area contributed by atoms with E-state index in [0.29, 0.717) is 5.57 Å². The molecule has 5 N–H and O–H groups in total. The second-order valence-electron chi connectivity index (χ2n) is 3.51. The Bertz CT molecular complexity index is 529. The number of dihydropyridines is 1. The Balaban J connectivity index is 2.28. The molecule has 2 rings (SSSR count). The molecule has 0 bridgehead atoms. The van der Waals surface area contributed by atoms with Crippen molar-refractivity contribution in [1.29, 1.82) is 0 Å². The number of hydrogen-bond donors (Lipinski definition) is 3. The molecule has 17 heavy (non-hydrogen) atoms. The molecule has 0 saturated carbocycles. The molecule has 1 heterocycles. The van der Waals surface area contributed by atoms with E-state index in [2.05, 4.69) is 10.3 Å². The minimum Gasteiger partial charge on any atom is -0.370 e. The highest BCUT2D eigenvalue weighted by atomic mass is 16.1. The monoisotopic (exact) mass is 228 g/mol. The average Bonchev–Trinajstić information content (AvgIpc) is 2.51. The molecule has 5 nitrogen and oxygen atoms in total. The summed E-state index contributed by atoms with van der Waals surface area (Å²) in [6.45, 7) is 0. The van der Waals surface area contributed by atoms with Gasteiger partial charge in [-0.2, -0.15) is 4.99 Å². The third-order valence-electron chi connectivity index (χ3n) is 2.24. The van der Waals surface area contributed by atoms with Gasteiger partial charge < -0.3 is 16.8 Å².